The molecular weight excluding hydrogens is 258 g/mol. The number of halogens is 3. The minimum Gasteiger partial charge on any atom is -0.330 e. The van der Waals surface area contributed by atoms with Gasteiger partial charge in [0.2, 0.25) is 5.91 Å². The Morgan fingerprint density at radius 3 is 2.40 bits per heavy atom. The van der Waals surface area contributed by atoms with Gasteiger partial charge in [0.25, 0.3) is 0 Å². The van der Waals surface area contributed by atoms with Crippen molar-refractivity contribution in [1.82, 2.24) is 0 Å². The lowest BCUT2D eigenvalue weighted by molar-refractivity contribution is -0.116. The molecule has 0 saturated heterocycles. The molecule has 0 heterocycles. The van der Waals surface area contributed by atoms with Gasteiger partial charge in [0.05, 0.1) is 20.8 Å². The minimum absolute atomic E-state index is 0.210. The van der Waals surface area contributed by atoms with Crippen molar-refractivity contribution in [1.29, 1.82) is 0 Å². The van der Waals surface area contributed by atoms with Crippen molar-refractivity contribution in [2.75, 3.05) is 11.9 Å². The Morgan fingerprint density at radius 1 is 1.20 bits per heavy atom. The summed E-state index contributed by atoms with van der Waals surface area (Å²) >= 11 is 17.4. The maximum Gasteiger partial charge on any atom is 0.225 e. The summed E-state index contributed by atoms with van der Waals surface area (Å²) in [5, 5.41) is 3.61. The van der Waals surface area contributed by atoms with Gasteiger partial charge in [-0.3, -0.25) is 4.79 Å². The molecule has 1 rings (SSSR count). The Balaban J connectivity index is 2.86. The fraction of sp³-hybridized carbons (Fsp3) is 0.222. The first-order valence-electron chi connectivity index (χ1n) is 4.19. The highest BCUT2D eigenvalue weighted by atomic mass is 35.5. The molecule has 15 heavy (non-hydrogen) atoms. The van der Waals surface area contributed by atoms with Crippen LogP contribution in [-0.2, 0) is 4.79 Å². The van der Waals surface area contributed by atoms with E-state index in [1.54, 1.807) is 0 Å². The molecular formula is C9H9Cl3N2O. The van der Waals surface area contributed by atoms with E-state index >= 15 is 0 Å². The van der Waals surface area contributed by atoms with Crippen molar-refractivity contribution in [3.63, 3.8) is 0 Å². The maximum atomic E-state index is 11.2. The second-order valence-corrected chi connectivity index (χ2v) is 4.05. The Hall–Kier alpha value is -0.480. The standard InChI is InChI=1S/C9H9Cl3N2O/c10-5-3-7(12)8(4-6(5)11)14-9(15)1-2-13/h3-4H,1-2,13H2,(H,14,15). The van der Waals surface area contributed by atoms with Gasteiger partial charge in [-0.1, -0.05) is 34.8 Å². The molecule has 0 aliphatic rings. The van der Waals surface area contributed by atoms with E-state index in [9.17, 15) is 4.79 Å². The van der Waals surface area contributed by atoms with E-state index in [1.165, 1.54) is 12.1 Å². The molecule has 0 aliphatic carbocycles. The molecule has 0 unspecified atom stereocenters. The molecule has 6 heteroatoms. The quantitative estimate of drug-likeness (QED) is 0.827. The molecule has 3 nitrogen and oxygen atoms in total. The van der Waals surface area contributed by atoms with Crippen LogP contribution in [0.1, 0.15) is 6.42 Å². The average molecular weight is 268 g/mol. The lowest BCUT2D eigenvalue weighted by Gasteiger charge is -2.07. The average Bonchev–Trinajstić information content (AvgIpc) is 2.14. The molecule has 0 radical (unpaired) electrons. The van der Waals surface area contributed by atoms with Crippen LogP contribution in [0.5, 0.6) is 0 Å². The zero-order chi connectivity index (χ0) is 11.4. The summed E-state index contributed by atoms with van der Waals surface area (Å²) in [5.74, 6) is -0.210. The summed E-state index contributed by atoms with van der Waals surface area (Å²) in [7, 11) is 0. The van der Waals surface area contributed by atoms with Crippen molar-refractivity contribution < 1.29 is 4.79 Å². The molecule has 3 N–H and O–H groups in total. The Bertz CT molecular complexity index is 382. The Kier molecular flexibility index (Phi) is 4.67. The smallest absolute Gasteiger partial charge is 0.225 e. The highest BCUT2D eigenvalue weighted by molar-refractivity contribution is 6.44. The predicted molar refractivity (Wildman–Crippen MR) is 63.8 cm³/mol. The first-order valence-corrected chi connectivity index (χ1v) is 5.32. The fourth-order valence-electron chi connectivity index (χ4n) is 0.962. The third kappa shape index (κ3) is 3.54. The van der Waals surface area contributed by atoms with E-state index in [1.807, 2.05) is 0 Å². The van der Waals surface area contributed by atoms with Crippen molar-refractivity contribution in [2.24, 2.45) is 5.73 Å². The first-order chi connectivity index (χ1) is 7.04. The second-order valence-electron chi connectivity index (χ2n) is 2.83. The number of hydrogen-bond acceptors (Lipinski definition) is 2. The van der Waals surface area contributed by atoms with Gasteiger partial charge in [-0.05, 0) is 12.1 Å². The summed E-state index contributed by atoms with van der Waals surface area (Å²) in [6.45, 7) is 0.283. The Labute approximate surface area is 102 Å². The predicted octanol–water partition coefficient (Wildman–Crippen LogP) is 2.93. The van der Waals surface area contributed by atoms with Gasteiger partial charge in [-0.25, -0.2) is 0 Å². The number of rotatable bonds is 3. The monoisotopic (exact) mass is 266 g/mol. The molecule has 1 amide bonds. The topological polar surface area (TPSA) is 55.1 Å². The van der Waals surface area contributed by atoms with Crippen LogP contribution in [0.3, 0.4) is 0 Å². The normalized spacial score (nSPS) is 10.1. The van der Waals surface area contributed by atoms with E-state index in [4.69, 9.17) is 40.5 Å². The number of amides is 1. The van der Waals surface area contributed by atoms with Crippen LogP contribution in [0.2, 0.25) is 15.1 Å². The third-order valence-electron chi connectivity index (χ3n) is 1.66. The lowest BCUT2D eigenvalue weighted by Crippen LogP contribution is -2.16. The van der Waals surface area contributed by atoms with Gasteiger partial charge >= 0.3 is 0 Å². The molecule has 1 aromatic rings. The number of benzene rings is 1. The van der Waals surface area contributed by atoms with Crippen LogP contribution < -0.4 is 11.1 Å². The summed E-state index contributed by atoms with van der Waals surface area (Å²) < 4.78 is 0. The molecule has 0 atom stereocenters. The van der Waals surface area contributed by atoms with E-state index in [-0.39, 0.29) is 18.9 Å². The molecule has 0 aromatic heterocycles. The number of nitrogens with one attached hydrogen (secondary N) is 1. The maximum absolute atomic E-state index is 11.2. The van der Waals surface area contributed by atoms with Crippen LogP contribution >= 0.6 is 34.8 Å². The zero-order valence-corrected chi connectivity index (χ0v) is 9.96. The van der Waals surface area contributed by atoms with E-state index in [0.29, 0.717) is 20.8 Å². The van der Waals surface area contributed by atoms with Crippen LogP contribution in [-0.4, -0.2) is 12.5 Å². The molecule has 82 valence electrons. The second kappa shape index (κ2) is 5.56. The van der Waals surface area contributed by atoms with Gasteiger partial charge in [0.1, 0.15) is 0 Å². The number of carbonyl (C=O) groups is 1. The molecule has 1 aromatic carbocycles. The number of nitrogens with two attached hydrogens (primary N) is 1. The zero-order valence-electron chi connectivity index (χ0n) is 7.69. The van der Waals surface area contributed by atoms with Crippen molar-refractivity contribution in [3.8, 4) is 0 Å². The van der Waals surface area contributed by atoms with Crippen LogP contribution in [0.15, 0.2) is 12.1 Å². The SMILES string of the molecule is NCCC(=O)Nc1cc(Cl)c(Cl)cc1Cl. The largest absolute Gasteiger partial charge is 0.330 e. The summed E-state index contributed by atoms with van der Waals surface area (Å²) in [4.78, 5) is 11.2. The Morgan fingerprint density at radius 2 is 1.80 bits per heavy atom. The molecule has 0 fully saturated rings. The van der Waals surface area contributed by atoms with Gasteiger partial charge in [-0.15, -0.1) is 0 Å². The molecule has 0 bridgehead atoms. The summed E-state index contributed by atoms with van der Waals surface area (Å²) in [6.07, 6.45) is 0.233. The molecule has 0 saturated carbocycles. The fourth-order valence-corrected chi connectivity index (χ4v) is 1.56. The number of hydrogen-bond donors (Lipinski definition) is 2. The minimum atomic E-state index is -0.210. The van der Waals surface area contributed by atoms with Gasteiger partial charge < -0.3 is 11.1 Å². The van der Waals surface area contributed by atoms with Gasteiger partial charge in [0.15, 0.2) is 0 Å². The molecule has 0 aliphatic heterocycles. The van der Waals surface area contributed by atoms with E-state index in [2.05, 4.69) is 5.32 Å². The van der Waals surface area contributed by atoms with Crippen LogP contribution in [0, 0.1) is 0 Å². The van der Waals surface area contributed by atoms with Gasteiger partial charge in [-0.2, -0.15) is 0 Å². The first kappa shape index (κ1) is 12.6. The van der Waals surface area contributed by atoms with E-state index < -0.39 is 0 Å². The third-order valence-corrected chi connectivity index (χ3v) is 2.69. The number of anilines is 1. The van der Waals surface area contributed by atoms with E-state index in [0.717, 1.165) is 0 Å². The number of carbonyl (C=O) groups excluding carboxylic acids is 1. The summed E-state index contributed by atoms with van der Waals surface area (Å²) in [5.41, 5.74) is 5.67. The van der Waals surface area contributed by atoms with Crippen molar-refractivity contribution in [2.45, 2.75) is 6.42 Å². The van der Waals surface area contributed by atoms with Crippen LogP contribution in [0.25, 0.3) is 0 Å². The van der Waals surface area contributed by atoms with Gasteiger partial charge in [0, 0.05) is 13.0 Å². The van der Waals surface area contributed by atoms with Crippen molar-refractivity contribution in [3.05, 3.63) is 27.2 Å². The van der Waals surface area contributed by atoms with Crippen molar-refractivity contribution >= 4 is 46.4 Å². The lowest BCUT2D eigenvalue weighted by atomic mass is 10.3. The highest BCUT2D eigenvalue weighted by Crippen LogP contribution is 2.32. The highest BCUT2D eigenvalue weighted by Gasteiger charge is 2.08. The summed E-state index contributed by atoms with van der Waals surface area (Å²) in [6, 6.07) is 2.98. The van der Waals surface area contributed by atoms with Crippen LogP contribution in [0.4, 0.5) is 5.69 Å². The molecule has 0 spiro atoms.